The van der Waals surface area contributed by atoms with E-state index in [0.29, 0.717) is 19.4 Å². The Balaban J connectivity index is 2.82. The van der Waals surface area contributed by atoms with E-state index in [2.05, 4.69) is 5.32 Å². The Morgan fingerprint density at radius 2 is 1.91 bits per heavy atom. The molecule has 0 aromatic rings. The molecule has 2 atom stereocenters. The molecule has 132 valence electrons. The Hall–Kier alpha value is -1.79. The van der Waals surface area contributed by atoms with Gasteiger partial charge in [-0.25, -0.2) is 4.79 Å². The molecule has 0 unspecified atom stereocenters. The van der Waals surface area contributed by atoms with Gasteiger partial charge in [0.05, 0.1) is 0 Å². The number of primary amides is 1. The first kappa shape index (κ1) is 19.3. The highest BCUT2D eigenvalue weighted by Crippen LogP contribution is 2.20. The Kier molecular flexibility index (Phi) is 6.41. The smallest absolute Gasteiger partial charge is 0.408 e. The Morgan fingerprint density at radius 3 is 2.39 bits per heavy atom. The zero-order valence-corrected chi connectivity index (χ0v) is 14.7. The van der Waals surface area contributed by atoms with Crippen LogP contribution in [0.3, 0.4) is 0 Å². The molecule has 0 aromatic carbocycles. The van der Waals surface area contributed by atoms with Crippen LogP contribution >= 0.6 is 0 Å². The van der Waals surface area contributed by atoms with Gasteiger partial charge in [0.2, 0.25) is 11.8 Å². The summed E-state index contributed by atoms with van der Waals surface area (Å²) in [5.41, 5.74) is 4.73. The van der Waals surface area contributed by atoms with Gasteiger partial charge in [0.25, 0.3) is 0 Å². The molecule has 0 saturated carbocycles. The second-order valence-corrected chi connectivity index (χ2v) is 7.42. The minimum Gasteiger partial charge on any atom is -0.444 e. The third-order valence-electron chi connectivity index (χ3n) is 3.56. The number of amides is 3. The van der Waals surface area contributed by atoms with Crippen molar-refractivity contribution >= 4 is 17.9 Å². The largest absolute Gasteiger partial charge is 0.444 e. The van der Waals surface area contributed by atoms with Gasteiger partial charge in [0, 0.05) is 6.54 Å². The van der Waals surface area contributed by atoms with Crippen molar-refractivity contribution in [2.45, 2.75) is 71.6 Å². The summed E-state index contributed by atoms with van der Waals surface area (Å²) in [4.78, 5) is 37.7. The number of nitrogens with two attached hydrogens (primary N) is 1. The lowest BCUT2D eigenvalue weighted by molar-refractivity contribution is -0.139. The molecule has 0 bridgehead atoms. The van der Waals surface area contributed by atoms with Crippen LogP contribution in [-0.2, 0) is 14.3 Å². The maximum absolute atomic E-state index is 12.7. The highest BCUT2D eigenvalue weighted by atomic mass is 16.6. The van der Waals surface area contributed by atoms with E-state index in [1.54, 1.807) is 20.8 Å². The van der Waals surface area contributed by atoms with E-state index in [1.165, 1.54) is 4.90 Å². The number of hydrogen-bond acceptors (Lipinski definition) is 4. The molecule has 3 amide bonds. The molecular formula is C16H29N3O4. The molecular weight excluding hydrogens is 298 g/mol. The fraction of sp³-hybridized carbons (Fsp3) is 0.812. The van der Waals surface area contributed by atoms with Gasteiger partial charge in [-0.2, -0.15) is 0 Å². The van der Waals surface area contributed by atoms with Gasteiger partial charge in [-0.05, 0) is 46.0 Å². The van der Waals surface area contributed by atoms with E-state index >= 15 is 0 Å². The van der Waals surface area contributed by atoms with Gasteiger partial charge >= 0.3 is 6.09 Å². The lowest BCUT2D eigenvalue weighted by Crippen LogP contribution is -2.53. The minimum absolute atomic E-state index is 0.202. The molecule has 23 heavy (non-hydrogen) atoms. The highest BCUT2D eigenvalue weighted by molar-refractivity contribution is 5.91. The van der Waals surface area contributed by atoms with Crippen molar-refractivity contribution in [2.24, 2.45) is 11.7 Å². The lowest BCUT2D eigenvalue weighted by Gasteiger charge is -2.29. The summed E-state index contributed by atoms with van der Waals surface area (Å²) in [6.45, 7) is 9.69. The second kappa shape index (κ2) is 7.66. The maximum Gasteiger partial charge on any atom is 0.408 e. The topological polar surface area (TPSA) is 102 Å². The third kappa shape index (κ3) is 6.08. The van der Waals surface area contributed by atoms with Crippen molar-refractivity contribution in [3.8, 4) is 0 Å². The number of nitrogens with one attached hydrogen (secondary N) is 1. The van der Waals surface area contributed by atoms with Gasteiger partial charge < -0.3 is 20.7 Å². The molecule has 1 fully saturated rings. The van der Waals surface area contributed by atoms with Gasteiger partial charge in [-0.1, -0.05) is 13.8 Å². The molecule has 1 rings (SSSR count). The minimum atomic E-state index is -0.718. The first-order chi connectivity index (χ1) is 10.5. The highest BCUT2D eigenvalue weighted by Gasteiger charge is 2.37. The fourth-order valence-corrected chi connectivity index (χ4v) is 2.67. The number of likely N-dealkylation sites (tertiary alicyclic amines) is 1. The summed E-state index contributed by atoms with van der Waals surface area (Å²) in [7, 11) is 0. The Labute approximate surface area is 137 Å². The molecule has 1 aliphatic rings. The van der Waals surface area contributed by atoms with Crippen molar-refractivity contribution in [1.29, 1.82) is 0 Å². The molecule has 1 heterocycles. The second-order valence-electron chi connectivity index (χ2n) is 7.42. The molecule has 0 aromatic heterocycles. The average molecular weight is 327 g/mol. The molecule has 3 N–H and O–H groups in total. The molecule has 7 heteroatoms. The Bertz CT molecular complexity index is 457. The van der Waals surface area contributed by atoms with Crippen LogP contribution in [0.2, 0.25) is 0 Å². The quantitative estimate of drug-likeness (QED) is 0.797. The molecule has 7 nitrogen and oxygen atoms in total. The van der Waals surface area contributed by atoms with Crippen LogP contribution in [0.15, 0.2) is 0 Å². The summed E-state index contributed by atoms with van der Waals surface area (Å²) in [6.07, 6.45) is 1.15. The zero-order chi connectivity index (χ0) is 17.8. The molecule has 0 spiro atoms. The SMILES string of the molecule is CC(C)C[C@@H](NC(=O)OC(C)(C)C)C(=O)N1CCC[C@@H]1C(N)=O. The number of carbonyl (C=O) groups excluding carboxylic acids is 3. The first-order valence-electron chi connectivity index (χ1n) is 8.10. The van der Waals surface area contributed by atoms with E-state index in [4.69, 9.17) is 10.5 Å². The lowest BCUT2D eigenvalue weighted by atomic mass is 10.0. The van der Waals surface area contributed by atoms with E-state index in [9.17, 15) is 14.4 Å². The van der Waals surface area contributed by atoms with Gasteiger partial charge in [-0.3, -0.25) is 9.59 Å². The predicted octanol–water partition coefficient (Wildman–Crippen LogP) is 1.40. The van der Waals surface area contributed by atoms with Gasteiger partial charge in [0.1, 0.15) is 17.7 Å². The predicted molar refractivity (Wildman–Crippen MR) is 86.5 cm³/mol. The van der Waals surface area contributed by atoms with Gasteiger partial charge in [-0.15, -0.1) is 0 Å². The monoisotopic (exact) mass is 327 g/mol. The van der Waals surface area contributed by atoms with Crippen LogP contribution in [0.25, 0.3) is 0 Å². The van der Waals surface area contributed by atoms with Crippen LogP contribution in [-0.4, -0.2) is 47.0 Å². The van der Waals surface area contributed by atoms with Crippen molar-refractivity contribution in [3.05, 3.63) is 0 Å². The van der Waals surface area contributed by atoms with Crippen LogP contribution < -0.4 is 11.1 Å². The average Bonchev–Trinajstić information content (AvgIpc) is 2.83. The van der Waals surface area contributed by atoms with E-state index < -0.39 is 29.7 Å². The molecule has 0 aliphatic carbocycles. The summed E-state index contributed by atoms with van der Waals surface area (Å²) in [6, 6.07) is -1.30. The maximum atomic E-state index is 12.7. The van der Waals surface area contributed by atoms with Crippen molar-refractivity contribution in [2.75, 3.05) is 6.54 Å². The number of carbonyl (C=O) groups is 3. The van der Waals surface area contributed by atoms with Crippen molar-refractivity contribution in [1.82, 2.24) is 10.2 Å². The number of rotatable bonds is 5. The third-order valence-corrected chi connectivity index (χ3v) is 3.56. The summed E-state index contributed by atoms with van der Waals surface area (Å²) in [5, 5.41) is 2.64. The van der Waals surface area contributed by atoms with E-state index in [1.807, 2.05) is 13.8 Å². The van der Waals surface area contributed by atoms with Crippen LogP contribution in [0.5, 0.6) is 0 Å². The zero-order valence-electron chi connectivity index (χ0n) is 14.7. The number of ether oxygens (including phenoxy) is 1. The van der Waals surface area contributed by atoms with E-state index in [0.717, 1.165) is 6.42 Å². The molecule has 1 aliphatic heterocycles. The first-order valence-corrected chi connectivity index (χ1v) is 8.10. The fourth-order valence-electron chi connectivity index (χ4n) is 2.67. The standard InChI is InChI=1S/C16H29N3O4/c1-10(2)9-11(18-15(22)23-16(3,4)5)14(21)19-8-6-7-12(19)13(17)20/h10-12H,6-9H2,1-5H3,(H2,17,20)(H,18,22)/t11-,12-/m1/s1. The summed E-state index contributed by atoms with van der Waals surface area (Å²) in [5.74, 6) is -0.573. The van der Waals surface area contributed by atoms with Crippen LogP contribution in [0, 0.1) is 5.92 Å². The molecule has 0 radical (unpaired) electrons. The summed E-state index contributed by atoms with van der Waals surface area (Å²) < 4.78 is 5.22. The van der Waals surface area contributed by atoms with Crippen LogP contribution in [0.4, 0.5) is 4.79 Å². The van der Waals surface area contributed by atoms with Crippen molar-refractivity contribution in [3.63, 3.8) is 0 Å². The number of alkyl carbamates (subject to hydrolysis) is 1. The Morgan fingerprint density at radius 1 is 1.30 bits per heavy atom. The normalized spacial score (nSPS) is 19.6. The number of nitrogens with zero attached hydrogens (tertiary/aromatic N) is 1. The molecule has 1 saturated heterocycles. The van der Waals surface area contributed by atoms with E-state index in [-0.39, 0.29) is 11.8 Å². The van der Waals surface area contributed by atoms with Crippen LogP contribution in [0.1, 0.15) is 53.9 Å². The van der Waals surface area contributed by atoms with Gasteiger partial charge in [0.15, 0.2) is 0 Å². The number of hydrogen-bond donors (Lipinski definition) is 2. The van der Waals surface area contributed by atoms with Crippen molar-refractivity contribution < 1.29 is 19.1 Å². The summed E-state index contributed by atoms with van der Waals surface area (Å²) >= 11 is 0.